The van der Waals surface area contributed by atoms with Gasteiger partial charge in [0.25, 0.3) is 0 Å². The molecule has 1 aromatic heterocycles. The van der Waals surface area contributed by atoms with Gasteiger partial charge in [-0.05, 0) is 39.8 Å². The number of nitrogens with zero attached hydrogens (tertiary/aromatic N) is 3. The monoisotopic (exact) mass is 433 g/mol. The van der Waals surface area contributed by atoms with Crippen molar-refractivity contribution in [3.8, 4) is 17.0 Å². The Bertz CT molecular complexity index is 893. The number of ketones is 1. The standard InChI is InChI=1S/C22H31N3O6/c1-13(26)9-16-19(27)20(28)18(30-21(16)31-22(2,3)4)12-25-11-17(23-24-25)14-7-6-8-15(10-14)29-5/h6-8,10-11,16,18-21,27-28H,9,12H2,1-5H3/t16-,18-,19-,20+,21?/m1/s1. The third-order valence-corrected chi connectivity index (χ3v) is 5.09. The number of carbonyl (C=O) groups is 1. The first-order chi connectivity index (χ1) is 14.6. The van der Waals surface area contributed by atoms with E-state index in [0.717, 1.165) is 5.56 Å². The van der Waals surface area contributed by atoms with E-state index < -0.39 is 36.1 Å². The Kier molecular flexibility index (Phi) is 7.10. The lowest BCUT2D eigenvalue weighted by Gasteiger charge is -2.44. The number of carbonyl (C=O) groups excluding carboxylic acids is 1. The van der Waals surface area contributed by atoms with Crippen molar-refractivity contribution >= 4 is 5.78 Å². The Morgan fingerprint density at radius 1 is 1.26 bits per heavy atom. The van der Waals surface area contributed by atoms with Gasteiger partial charge in [-0.3, -0.25) is 0 Å². The average Bonchev–Trinajstić information content (AvgIpc) is 3.16. The third kappa shape index (κ3) is 5.88. The summed E-state index contributed by atoms with van der Waals surface area (Å²) in [6.45, 7) is 7.20. The molecule has 2 heterocycles. The van der Waals surface area contributed by atoms with Crippen molar-refractivity contribution in [2.75, 3.05) is 7.11 Å². The molecule has 5 atom stereocenters. The van der Waals surface area contributed by atoms with Crippen LogP contribution in [0.5, 0.6) is 5.75 Å². The van der Waals surface area contributed by atoms with E-state index in [1.165, 1.54) is 6.92 Å². The van der Waals surface area contributed by atoms with Crippen LogP contribution in [0.3, 0.4) is 0 Å². The van der Waals surface area contributed by atoms with Crippen LogP contribution in [0.4, 0.5) is 0 Å². The number of hydrogen-bond acceptors (Lipinski definition) is 8. The second-order valence-electron chi connectivity index (χ2n) is 8.88. The molecule has 0 amide bonds. The van der Waals surface area contributed by atoms with Gasteiger partial charge in [0.05, 0.1) is 31.6 Å². The molecule has 0 radical (unpaired) electrons. The van der Waals surface area contributed by atoms with Crippen molar-refractivity contribution in [3.63, 3.8) is 0 Å². The second kappa shape index (κ2) is 9.44. The highest BCUT2D eigenvalue weighted by atomic mass is 16.7. The summed E-state index contributed by atoms with van der Waals surface area (Å²) in [6.07, 6.45) is -2.21. The van der Waals surface area contributed by atoms with E-state index in [4.69, 9.17) is 14.2 Å². The Labute approximate surface area is 181 Å². The van der Waals surface area contributed by atoms with E-state index in [1.54, 1.807) is 18.0 Å². The van der Waals surface area contributed by atoms with Crippen LogP contribution in [0, 0.1) is 5.92 Å². The Hall–Kier alpha value is -2.33. The van der Waals surface area contributed by atoms with E-state index in [1.807, 2.05) is 45.0 Å². The fraction of sp³-hybridized carbons (Fsp3) is 0.591. The number of Topliss-reactive ketones (excluding diaryl/α,β-unsaturated/α-hetero) is 1. The topological polar surface area (TPSA) is 116 Å². The predicted octanol–water partition coefficient (Wildman–Crippen LogP) is 1.81. The lowest BCUT2D eigenvalue weighted by Crippen LogP contribution is -2.57. The number of hydrogen-bond donors (Lipinski definition) is 2. The summed E-state index contributed by atoms with van der Waals surface area (Å²) < 4.78 is 18.8. The number of methoxy groups -OCH3 is 1. The molecule has 2 N–H and O–H groups in total. The molecule has 2 aromatic rings. The smallest absolute Gasteiger partial charge is 0.164 e. The maximum absolute atomic E-state index is 11.7. The summed E-state index contributed by atoms with van der Waals surface area (Å²) in [5.74, 6) is -0.0639. The molecule has 0 saturated carbocycles. The Morgan fingerprint density at radius 2 is 2.00 bits per heavy atom. The first-order valence-corrected chi connectivity index (χ1v) is 10.3. The van der Waals surface area contributed by atoms with Crippen LogP contribution in [0.2, 0.25) is 0 Å². The van der Waals surface area contributed by atoms with Gasteiger partial charge < -0.3 is 29.2 Å². The highest BCUT2D eigenvalue weighted by Crippen LogP contribution is 2.33. The normalized spacial score (nSPS) is 26.6. The lowest BCUT2D eigenvalue weighted by molar-refractivity contribution is -0.305. The SMILES string of the molecule is COc1cccc(-c2cn(C[C@H]3OC(OC(C)(C)C)[C@H](CC(C)=O)[C@@H](O)[C@H]3O)nn2)c1. The summed E-state index contributed by atoms with van der Waals surface area (Å²) in [7, 11) is 1.60. The molecule has 0 bridgehead atoms. The molecule has 3 rings (SSSR count). The maximum atomic E-state index is 11.7. The minimum Gasteiger partial charge on any atom is -0.497 e. The molecule has 170 valence electrons. The number of ether oxygens (including phenoxy) is 3. The molecule has 1 aliphatic heterocycles. The molecule has 0 aliphatic carbocycles. The van der Waals surface area contributed by atoms with Crippen LogP contribution in [0.25, 0.3) is 11.3 Å². The largest absolute Gasteiger partial charge is 0.497 e. The Balaban J connectivity index is 1.77. The summed E-state index contributed by atoms with van der Waals surface area (Å²) in [5.41, 5.74) is 0.923. The van der Waals surface area contributed by atoms with Gasteiger partial charge in [-0.25, -0.2) is 4.68 Å². The number of aliphatic hydroxyl groups excluding tert-OH is 2. The van der Waals surface area contributed by atoms with Crippen molar-refractivity contribution in [3.05, 3.63) is 30.5 Å². The van der Waals surface area contributed by atoms with Gasteiger partial charge in [-0.2, -0.15) is 0 Å². The van der Waals surface area contributed by atoms with Gasteiger partial charge in [0.15, 0.2) is 6.29 Å². The van der Waals surface area contributed by atoms with E-state index in [9.17, 15) is 15.0 Å². The molecule has 1 unspecified atom stereocenters. The molecule has 9 heteroatoms. The zero-order chi connectivity index (χ0) is 22.8. The van der Waals surface area contributed by atoms with Crippen molar-refractivity contribution in [1.29, 1.82) is 0 Å². The van der Waals surface area contributed by atoms with Gasteiger partial charge in [-0.1, -0.05) is 17.3 Å². The number of aliphatic hydroxyl groups is 2. The predicted molar refractivity (Wildman–Crippen MR) is 112 cm³/mol. The minimum atomic E-state index is -1.20. The van der Waals surface area contributed by atoms with E-state index in [0.29, 0.717) is 11.4 Å². The first-order valence-electron chi connectivity index (χ1n) is 10.3. The molecule has 1 fully saturated rings. The first kappa shape index (κ1) is 23.3. The maximum Gasteiger partial charge on any atom is 0.164 e. The molecule has 1 aromatic carbocycles. The number of aromatic nitrogens is 3. The highest BCUT2D eigenvalue weighted by Gasteiger charge is 2.46. The lowest BCUT2D eigenvalue weighted by atomic mass is 9.87. The Morgan fingerprint density at radius 3 is 2.65 bits per heavy atom. The molecule has 9 nitrogen and oxygen atoms in total. The quantitative estimate of drug-likeness (QED) is 0.679. The van der Waals surface area contributed by atoms with Crippen molar-refractivity contribution in [2.24, 2.45) is 5.92 Å². The minimum absolute atomic E-state index is 0.0506. The second-order valence-corrected chi connectivity index (χ2v) is 8.88. The van der Waals surface area contributed by atoms with Crippen LogP contribution in [-0.4, -0.2) is 68.3 Å². The molecular weight excluding hydrogens is 402 g/mol. The summed E-state index contributed by atoms with van der Waals surface area (Å²) >= 11 is 0. The molecule has 1 saturated heterocycles. The van der Waals surface area contributed by atoms with Crippen LogP contribution in [-0.2, 0) is 20.8 Å². The fourth-order valence-corrected chi connectivity index (χ4v) is 3.64. The summed E-state index contributed by atoms with van der Waals surface area (Å²) in [6, 6.07) is 7.45. The van der Waals surface area contributed by atoms with Crippen molar-refractivity contribution < 1.29 is 29.2 Å². The zero-order valence-corrected chi connectivity index (χ0v) is 18.6. The molecular formula is C22H31N3O6. The molecule has 1 aliphatic rings. The van der Waals surface area contributed by atoms with Crippen molar-refractivity contribution in [1.82, 2.24) is 15.0 Å². The van der Waals surface area contributed by atoms with E-state index >= 15 is 0 Å². The van der Waals surface area contributed by atoms with E-state index in [-0.39, 0.29) is 18.7 Å². The van der Waals surface area contributed by atoms with Crippen LogP contribution >= 0.6 is 0 Å². The van der Waals surface area contributed by atoms with Crippen LogP contribution < -0.4 is 4.74 Å². The van der Waals surface area contributed by atoms with Crippen LogP contribution in [0.1, 0.15) is 34.1 Å². The fourth-order valence-electron chi connectivity index (χ4n) is 3.64. The molecule has 0 spiro atoms. The van der Waals surface area contributed by atoms with Crippen LogP contribution in [0.15, 0.2) is 30.5 Å². The highest BCUT2D eigenvalue weighted by molar-refractivity contribution is 5.75. The number of rotatable bonds is 7. The zero-order valence-electron chi connectivity index (χ0n) is 18.6. The molecule has 31 heavy (non-hydrogen) atoms. The summed E-state index contributed by atoms with van der Waals surface area (Å²) in [5, 5.41) is 29.7. The van der Waals surface area contributed by atoms with Gasteiger partial charge >= 0.3 is 0 Å². The third-order valence-electron chi connectivity index (χ3n) is 5.09. The van der Waals surface area contributed by atoms with E-state index in [2.05, 4.69) is 10.3 Å². The van der Waals surface area contributed by atoms with Gasteiger partial charge in [0.2, 0.25) is 0 Å². The van der Waals surface area contributed by atoms with Gasteiger partial charge in [0, 0.05) is 17.9 Å². The van der Waals surface area contributed by atoms with Crippen molar-refractivity contribution in [2.45, 2.75) is 70.9 Å². The number of benzene rings is 1. The van der Waals surface area contributed by atoms with Gasteiger partial charge in [0.1, 0.15) is 29.4 Å². The van der Waals surface area contributed by atoms with Gasteiger partial charge in [-0.15, -0.1) is 5.10 Å². The summed E-state index contributed by atoms with van der Waals surface area (Å²) in [4.78, 5) is 11.7. The average molecular weight is 434 g/mol.